The largest absolute Gasteiger partial charge is 0.462 e. The van der Waals surface area contributed by atoms with E-state index in [2.05, 4.69) is 20.9 Å². The lowest BCUT2D eigenvalue weighted by Gasteiger charge is -1.85. The van der Waals surface area contributed by atoms with Gasteiger partial charge in [-0.15, -0.1) is 11.3 Å². The van der Waals surface area contributed by atoms with Crippen molar-refractivity contribution in [3.8, 4) is 10.8 Å². The number of nitrogens with two attached hydrogens (primary N) is 1. The Morgan fingerprint density at radius 2 is 2.46 bits per heavy atom. The molecule has 2 N–H and O–H groups in total. The second-order valence-electron chi connectivity index (χ2n) is 2.41. The normalized spacial score (nSPS) is 10.6. The predicted octanol–water partition coefficient (Wildman–Crippen LogP) is 2.62. The molecule has 3 nitrogen and oxygen atoms in total. The van der Waals surface area contributed by atoms with E-state index in [1.807, 2.05) is 12.1 Å². The van der Waals surface area contributed by atoms with Crippen LogP contribution in [0.15, 0.2) is 27.4 Å². The molecule has 0 fully saturated rings. The number of thiazole rings is 1. The molecule has 13 heavy (non-hydrogen) atoms. The molecule has 5 heteroatoms. The Morgan fingerprint density at radius 3 is 3.00 bits per heavy atom. The van der Waals surface area contributed by atoms with Crippen molar-refractivity contribution in [1.29, 1.82) is 0 Å². The first-order chi connectivity index (χ1) is 6.31. The Labute approximate surface area is 87.7 Å². The van der Waals surface area contributed by atoms with E-state index in [9.17, 15) is 0 Å². The van der Waals surface area contributed by atoms with Crippen LogP contribution in [0.25, 0.3) is 10.8 Å². The third-order valence-electron chi connectivity index (χ3n) is 1.57. The molecule has 0 aliphatic rings. The molecule has 0 spiro atoms. The Kier molecular flexibility index (Phi) is 2.48. The Hall–Kier alpha value is -0.650. The van der Waals surface area contributed by atoms with Crippen LogP contribution in [0.4, 0.5) is 0 Å². The highest BCUT2D eigenvalue weighted by atomic mass is 79.9. The summed E-state index contributed by atoms with van der Waals surface area (Å²) < 4.78 is 6.03. The summed E-state index contributed by atoms with van der Waals surface area (Å²) in [4.78, 5) is 5.32. The molecule has 0 radical (unpaired) electrons. The summed E-state index contributed by atoms with van der Waals surface area (Å²) in [5.41, 5.74) is 5.53. The highest BCUT2D eigenvalue weighted by Gasteiger charge is 2.10. The summed E-state index contributed by atoms with van der Waals surface area (Å²) in [6, 6.07) is 3.72. The van der Waals surface area contributed by atoms with Crippen molar-refractivity contribution in [1.82, 2.24) is 4.98 Å². The molecule has 0 aliphatic heterocycles. The van der Waals surface area contributed by atoms with E-state index in [-0.39, 0.29) is 0 Å². The van der Waals surface area contributed by atoms with Gasteiger partial charge in [0.15, 0.2) is 10.8 Å². The van der Waals surface area contributed by atoms with Crippen LogP contribution in [-0.4, -0.2) is 4.98 Å². The van der Waals surface area contributed by atoms with Crippen LogP contribution < -0.4 is 5.73 Å². The van der Waals surface area contributed by atoms with Gasteiger partial charge in [-0.05, 0) is 28.1 Å². The second kappa shape index (κ2) is 3.61. The molecule has 0 bridgehead atoms. The van der Waals surface area contributed by atoms with Gasteiger partial charge in [0.2, 0.25) is 0 Å². The Bertz CT molecular complexity index is 396. The first-order valence-electron chi connectivity index (χ1n) is 3.70. The monoisotopic (exact) mass is 258 g/mol. The van der Waals surface area contributed by atoms with Crippen LogP contribution in [0.2, 0.25) is 0 Å². The second-order valence-corrected chi connectivity index (χ2v) is 4.25. The van der Waals surface area contributed by atoms with Crippen LogP contribution >= 0.6 is 27.3 Å². The quantitative estimate of drug-likeness (QED) is 0.901. The first kappa shape index (κ1) is 8.93. The molecule has 0 saturated heterocycles. The standard InChI is InChI=1S/C8H7BrN2OS/c9-7-6(4-10)13-8(11-7)5-2-1-3-12-5/h1-3H,4,10H2. The fourth-order valence-electron chi connectivity index (χ4n) is 0.965. The number of halogens is 1. The minimum Gasteiger partial charge on any atom is -0.462 e. The summed E-state index contributed by atoms with van der Waals surface area (Å²) in [5, 5.41) is 0.859. The van der Waals surface area contributed by atoms with Crippen LogP contribution in [0.1, 0.15) is 4.88 Å². The molecule has 2 rings (SSSR count). The van der Waals surface area contributed by atoms with Crippen LogP contribution in [0, 0.1) is 0 Å². The maximum atomic E-state index is 5.53. The van der Waals surface area contributed by atoms with E-state index in [4.69, 9.17) is 10.2 Å². The molecule has 68 valence electrons. The maximum absolute atomic E-state index is 5.53. The van der Waals surface area contributed by atoms with E-state index in [1.165, 1.54) is 0 Å². The lowest BCUT2D eigenvalue weighted by atomic mass is 10.5. The first-order valence-corrected chi connectivity index (χ1v) is 5.31. The molecule has 0 aliphatic carbocycles. The topological polar surface area (TPSA) is 52.0 Å². The maximum Gasteiger partial charge on any atom is 0.162 e. The van der Waals surface area contributed by atoms with Gasteiger partial charge in [-0.3, -0.25) is 0 Å². The summed E-state index contributed by atoms with van der Waals surface area (Å²) in [7, 11) is 0. The average Bonchev–Trinajstić information content (AvgIpc) is 2.71. The van der Waals surface area contributed by atoms with Crippen molar-refractivity contribution in [3.63, 3.8) is 0 Å². The number of aromatic nitrogens is 1. The van der Waals surface area contributed by atoms with Gasteiger partial charge in [0, 0.05) is 6.54 Å². The predicted molar refractivity (Wildman–Crippen MR) is 55.4 cm³/mol. The van der Waals surface area contributed by atoms with Gasteiger partial charge < -0.3 is 10.2 Å². The number of furan rings is 1. The molecule has 2 aromatic rings. The van der Waals surface area contributed by atoms with Crippen LogP contribution in [0.5, 0.6) is 0 Å². The molecule has 0 amide bonds. The highest BCUT2D eigenvalue weighted by molar-refractivity contribution is 9.10. The van der Waals surface area contributed by atoms with Crippen molar-refractivity contribution in [2.45, 2.75) is 6.54 Å². The molecule has 2 heterocycles. The number of hydrogen-bond donors (Lipinski definition) is 1. The van der Waals surface area contributed by atoms with Crippen molar-refractivity contribution in [2.24, 2.45) is 5.73 Å². The third kappa shape index (κ3) is 1.67. The van der Waals surface area contributed by atoms with Gasteiger partial charge in [-0.2, -0.15) is 0 Å². The fourth-order valence-corrected chi connectivity index (χ4v) is 2.46. The van der Waals surface area contributed by atoms with Gasteiger partial charge in [0.1, 0.15) is 4.60 Å². The van der Waals surface area contributed by atoms with Crippen molar-refractivity contribution in [2.75, 3.05) is 0 Å². The van der Waals surface area contributed by atoms with E-state index >= 15 is 0 Å². The minimum absolute atomic E-state index is 0.499. The molecular weight excluding hydrogens is 252 g/mol. The van der Waals surface area contributed by atoms with E-state index < -0.39 is 0 Å². The molecule has 0 unspecified atom stereocenters. The molecular formula is C8H7BrN2OS. The Balaban J connectivity index is 2.43. The Morgan fingerprint density at radius 1 is 1.62 bits per heavy atom. The number of rotatable bonds is 2. The smallest absolute Gasteiger partial charge is 0.162 e. The third-order valence-corrected chi connectivity index (χ3v) is 3.58. The van der Waals surface area contributed by atoms with E-state index in [0.29, 0.717) is 6.54 Å². The summed E-state index contributed by atoms with van der Waals surface area (Å²) in [5.74, 6) is 0.783. The summed E-state index contributed by atoms with van der Waals surface area (Å²) in [6.07, 6.45) is 1.63. The zero-order valence-electron chi connectivity index (χ0n) is 6.66. The highest BCUT2D eigenvalue weighted by Crippen LogP contribution is 2.30. The van der Waals surface area contributed by atoms with Gasteiger partial charge in [0.25, 0.3) is 0 Å². The van der Waals surface area contributed by atoms with Gasteiger partial charge in [-0.25, -0.2) is 4.98 Å². The minimum atomic E-state index is 0.499. The molecule has 2 aromatic heterocycles. The van der Waals surface area contributed by atoms with Gasteiger partial charge in [0.05, 0.1) is 11.1 Å². The number of hydrogen-bond acceptors (Lipinski definition) is 4. The average molecular weight is 259 g/mol. The van der Waals surface area contributed by atoms with Crippen molar-refractivity contribution >= 4 is 27.3 Å². The fraction of sp³-hybridized carbons (Fsp3) is 0.125. The molecule has 0 atom stereocenters. The summed E-state index contributed by atoms with van der Waals surface area (Å²) >= 11 is 4.88. The molecule has 0 aromatic carbocycles. The zero-order valence-corrected chi connectivity index (χ0v) is 9.06. The SMILES string of the molecule is NCc1sc(-c2ccco2)nc1Br. The van der Waals surface area contributed by atoms with E-state index in [0.717, 1.165) is 20.2 Å². The lowest BCUT2D eigenvalue weighted by Crippen LogP contribution is -1.92. The van der Waals surface area contributed by atoms with Crippen molar-refractivity contribution in [3.05, 3.63) is 27.9 Å². The lowest BCUT2D eigenvalue weighted by molar-refractivity contribution is 0.582. The summed E-state index contributed by atoms with van der Waals surface area (Å²) in [6.45, 7) is 0.499. The van der Waals surface area contributed by atoms with E-state index in [1.54, 1.807) is 17.6 Å². The van der Waals surface area contributed by atoms with Crippen LogP contribution in [0.3, 0.4) is 0 Å². The number of nitrogens with zero attached hydrogens (tertiary/aromatic N) is 1. The van der Waals surface area contributed by atoms with Crippen LogP contribution in [-0.2, 0) is 6.54 Å². The zero-order chi connectivity index (χ0) is 9.26. The van der Waals surface area contributed by atoms with Gasteiger partial charge >= 0.3 is 0 Å². The van der Waals surface area contributed by atoms with Crippen molar-refractivity contribution < 1.29 is 4.42 Å². The molecule has 0 saturated carbocycles. The van der Waals surface area contributed by atoms with Gasteiger partial charge in [-0.1, -0.05) is 0 Å².